The number of carbonyl (C=O) groups is 2. The van der Waals surface area contributed by atoms with E-state index >= 15 is 0 Å². The van der Waals surface area contributed by atoms with Gasteiger partial charge in [0.1, 0.15) is 15.9 Å². The van der Waals surface area contributed by atoms with E-state index in [4.69, 9.17) is 11.6 Å². The lowest BCUT2D eigenvalue weighted by atomic mass is 10.1. The number of hydrogen-bond acceptors (Lipinski definition) is 3. The van der Waals surface area contributed by atoms with Crippen molar-refractivity contribution < 1.29 is 9.59 Å². The highest BCUT2D eigenvalue weighted by Gasteiger charge is 2.32. The van der Waals surface area contributed by atoms with Crippen molar-refractivity contribution in [2.75, 3.05) is 19.6 Å². The first-order valence-corrected chi connectivity index (χ1v) is 10.2. The van der Waals surface area contributed by atoms with Gasteiger partial charge >= 0.3 is 0 Å². The summed E-state index contributed by atoms with van der Waals surface area (Å²) in [4.78, 5) is 30.1. The minimum atomic E-state index is -0.537. The van der Waals surface area contributed by atoms with Gasteiger partial charge in [-0.15, -0.1) is 22.9 Å². The summed E-state index contributed by atoms with van der Waals surface area (Å²) < 4.78 is 2.07. The van der Waals surface area contributed by atoms with E-state index in [0.717, 1.165) is 10.2 Å². The lowest BCUT2D eigenvalue weighted by molar-refractivity contribution is -0.134. The molecule has 3 heterocycles. The van der Waals surface area contributed by atoms with E-state index in [0.29, 0.717) is 31.9 Å². The molecule has 1 aliphatic heterocycles. The Morgan fingerprint density at radius 2 is 2.19 bits per heavy atom. The number of thiophene rings is 1. The molecule has 1 aliphatic rings. The first-order chi connectivity index (χ1) is 12.4. The number of alkyl halides is 1. The van der Waals surface area contributed by atoms with E-state index in [1.54, 1.807) is 23.2 Å². The highest BCUT2D eigenvalue weighted by Crippen LogP contribution is 2.27. The standard InChI is InChI=1S/C19H24ClN3O2S/c1-4-5-7-23-16(11-15-6-10-26-19(15)23)18(25)21-8-9-22(13(2)12-21)17(24)14(3)20/h4-6,10-11,13-14H,7-9,12H2,1-3H3/b5-4-/t13-,14-/m0/s1. The summed E-state index contributed by atoms with van der Waals surface area (Å²) in [6.07, 6.45) is 4.05. The van der Waals surface area contributed by atoms with Gasteiger partial charge in [-0.05, 0) is 38.3 Å². The third-order valence-electron chi connectivity index (χ3n) is 4.78. The van der Waals surface area contributed by atoms with Crippen LogP contribution in [-0.4, -0.2) is 57.2 Å². The maximum Gasteiger partial charge on any atom is 0.270 e. The number of amides is 2. The van der Waals surface area contributed by atoms with Crippen molar-refractivity contribution in [2.45, 2.75) is 38.7 Å². The van der Waals surface area contributed by atoms with E-state index in [2.05, 4.69) is 10.6 Å². The van der Waals surface area contributed by atoms with Crippen LogP contribution < -0.4 is 0 Å². The first-order valence-electron chi connectivity index (χ1n) is 8.85. The summed E-state index contributed by atoms with van der Waals surface area (Å²) in [6.45, 7) is 7.89. The molecule has 2 atom stereocenters. The van der Waals surface area contributed by atoms with Gasteiger partial charge in [-0.25, -0.2) is 0 Å². The first kappa shape index (κ1) is 19.0. The van der Waals surface area contributed by atoms with Gasteiger partial charge in [0.15, 0.2) is 0 Å². The molecule has 2 amide bonds. The summed E-state index contributed by atoms with van der Waals surface area (Å²) in [7, 11) is 0. The number of aromatic nitrogens is 1. The zero-order valence-electron chi connectivity index (χ0n) is 15.3. The number of allylic oxidation sites excluding steroid dienone is 2. The number of piperazine rings is 1. The van der Waals surface area contributed by atoms with Crippen LogP contribution in [0.5, 0.6) is 0 Å². The van der Waals surface area contributed by atoms with Gasteiger partial charge in [-0.3, -0.25) is 9.59 Å². The van der Waals surface area contributed by atoms with Crippen molar-refractivity contribution in [3.05, 3.63) is 35.4 Å². The molecule has 1 saturated heterocycles. The van der Waals surface area contributed by atoms with E-state index in [9.17, 15) is 9.59 Å². The molecule has 0 bridgehead atoms. The Labute approximate surface area is 162 Å². The van der Waals surface area contributed by atoms with Crippen molar-refractivity contribution in [3.8, 4) is 0 Å². The molecule has 0 radical (unpaired) electrons. The summed E-state index contributed by atoms with van der Waals surface area (Å²) in [6, 6.07) is 3.98. The molecule has 0 spiro atoms. The summed E-state index contributed by atoms with van der Waals surface area (Å²) in [5.41, 5.74) is 0.711. The second-order valence-corrected chi connectivity index (χ2v) is 8.19. The van der Waals surface area contributed by atoms with Gasteiger partial charge in [-0.1, -0.05) is 12.2 Å². The van der Waals surface area contributed by atoms with Gasteiger partial charge in [0.05, 0.1) is 0 Å². The van der Waals surface area contributed by atoms with Gasteiger partial charge in [0.2, 0.25) is 5.91 Å². The van der Waals surface area contributed by atoms with E-state index < -0.39 is 5.38 Å². The Morgan fingerprint density at radius 3 is 2.85 bits per heavy atom. The molecule has 140 valence electrons. The molecule has 7 heteroatoms. The van der Waals surface area contributed by atoms with E-state index in [1.807, 2.05) is 42.3 Å². The van der Waals surface area contributed by atoms with Crippen molar-refractivity contribution in [2.24, 2.45) is 0 Å². The fourth-order valence-corrected chi connectivity index (χ4v) is 4.44. The second kappa shape index (κ2) is 7.84. The SMILES string of the molecule is C/C=C\Cn1c(C(=O)N2CCN(C(=O)[C@H](C)Cl)[C@@H](C)C2)cc2ccsc21. The van der Waals surface area contributed by atoms with Crippen LogP contribution >= 0.6 is 22.9 Å². The zero-order valence-corrected chi connectivity index (χ0v) is 16.9. The Morgan fingerprint density at radius 1 is 1.42 bits per heavy atom. The monoisotopic (exact) mass is 393 g/mol. The van der Waals surface area contributed by atoms with Gasteiger partial charge in [0.25, 0.3) is 5.91 Å². The summed E-state index contributed by atoms with van der Waals surface area (Å²) >= 11 is 7.59. The van der Waals surface area contributed by atoms with Gasteiger partial charge in [-0.2, -0.15) is 0 Å². The summed E-state index contributed by atoms with van der Waals surface area (Å²) in [5, 5.41) is 2.61. The van der Waals surface area contributed by atoms with Gasteiger partial charge < -0.3 is 14.4 Å². The smallest absolute Gasteiger partial charge is 0.270 e. The third kappa shape index (κ3) is 3.53. The number of halogens is 1. The maximum atomic E-state index is 13.2. The molecule has 1 fully saturated rings. The molecule has 0 saturated carbocycles. The number of hydrogen-bond donors (Lipinski definition) is 0. The average Bonchev–Trinajstić information content (AvgIpc) is 3.20. The van der Waals surface area contributed by atoms with Crippen LogP contribution in [0.4, 0.5) is 0 Å². The van der Waals surface area contributed by atoms with Gasteiger partial charge in [0, 0.05) is 37.6 Å². The van der Waals surface area contributed by atoms with Crippen molar-refractivity contribution in [1.29, 1.82) is 0 Å². The Bertz CT molecular complexity index is 839. The minimum Gasteiger partial charge on any atom is -0.335 e. The van der Waals surface area contributed by atoms with E-state index in [-0.39, 0.29) is 17.9 Å². The third-order valence-corrected chi connectivity index (χ3v) is 5.92. The fourth-order valence-electron chi connectivity index (χ4n) is 3.40. The topological polar surface area (TPSA) is 45.6 Å². The molecule has 26 heavy (non-hydrogen) atoms. The van der Waals surface area contributed by atoms with Crippen molar-refractivity contribution in [3.63, 3.8) is 0 Å². The predicted molar refractivity (Wildman–Crippen MR) is 107 cm³/mol. The van der Waals surface area contributed by atoms with Crippen molar-refractivity contribution in [1.82, 2.24) is 14.4 Å². The van der Waals surface area contributed by atoms with E-state index in [1.165, 1.54) is 0 Å². The Hall–Kier alpha value is -1.79. The summed E-state index contributed by atoms with van der Waals surface area (Å²) in [5.74, 6) is -0.0426. The highest BCUT2D eigenvalue weighted by molar-refractivity contribution is 7.16. The molecule has 0 N–H and O–H groups in total. The van der Waals surface area contributed by atoms with Crippen molar-refractivity contribution >= 4 is 45.0 Å². The Balaban J connectivity index is 1.81. The minimum absolute atomic E-state index is 0.0239. The number of rotatable bonds is 4. The Kier molecular flexibility index (Phi) is 5.73. The van der Waals surface area contributed by atoms with Crippen LogP contribution in [0.1, 0.15) is 31.3 Å². The van der Waals surface area contributed by atoms with Crippen LogP contribution in [0, 0.1) is 0 Å². The normalized spacial score (nSPS) is 19.5. The number of nitrogens with zero attached hydrogens (tertiary/aromatic N) is 3. The fraction of sp³-hybridized carbons (Fsp3) is 0.474. The lowest BCUT2D eigenvalue weighted by Crippen LogP contribution is -2.56. The molecule has 0 unspecified atom stereocenters. The molecule has 0 aliphatic carbocycles. The highest BCUT2D eigenvalue weighted by atomic mass is 35.5. The quantitative estimate of drug-likeness (QED) is 0.588. The van der Waals surface area contributed by atoms with Crippen LogP contribution in [-0.2, 0) is 11.3 Å². The maximum absolute atomic E-state index is 13.2. The lowest BCUT2D eigenvalue weighted by Gasteiger charge is -2.40. The van der Waals surface area contributed by atoms with Crippen LogP contribution in [0.15, 0.2) is 29.7 Å². The molecule has 5 nitrogen and oxygen atoms in total. The van der Waals surface area contributed by atoms with Crippen LogP contribution in [0.3, 0.4) is 0 Å². The molecular formula is C19H24ClN3O2S. The zero-order chi connectivity index (χ0) is 18.8. The molecule has 0 aromatic carbocycles. The molecule has 2 aromatic rings. The average molecular weight is 394 g/mol. The molecular weight excluding hydrogens is 370 g/mol. The largest absolute Gasteiger partial charge is 0.335 e. The molecule has 3 rings (SSSR count). The number of carbonyl (C=O) groups excluding carboxylic acids is 2. The van der Waals surface area contributed by atoms with Crippen LogP contribution in [0.2, 0.25) is 0 Å². The second-order valence-electron chi connectivity index (χ2n) is 6.64. The number of fused-ring (bicyclic) bond motifs is 1. The van der Waals surface area contributed by atoms with Crippen LogP contribution in [0.25, 0.3) is 10.2 Å². The predicted octanol–water partition coefficient (Wildman–Crippen LogP) is 3.58. The molecule has 2 aromatic heterocycles.